The molecule has 3 heterocycles. The number of alkyl halides is 3. The van der Waals surface area contributed by atoms with Crippen molar-refractivity contribution in [1.29, 1.82) is 0 Å². The van der Waals surface area contributed by atoms with Gasteiger partial charge in [-0.3, -0.25) is 9.36 Å². The van der Waals surface area contributed by atoms with E-state index in [4.69, 9.17) is 4.74 Å². The number of aromatic nitrogens is 2. The summed E-state index contributed by atoms with van der Waals surface area (Å²) in [5.41, 5.74) is -1.53. The van der Waals surface area contributed by atoms with Crippen molar-refractivity contribution in [3.8, 4) is 0 Å². The lowest BCUT2D eigenvalue weighted by atomic mass is 10.2. The molecule has 160 valence electrons. The predicted molar refractivity (Wildman–Crippen MR) is 102 cm³/mol. The van der Waals surface area contributed by atoms with E-state index < -0.39 is 23.5 Å². The molecule has 8 nitrogen and oxygen atoms in total. The van der Waals surface area contributed by atoms with Gasteiger partial charge in [0, 0.05) is 25.1 Å². The van der Waals surface area contributed by atoms with Gasteiger partial charge in [0.2, 0.25) is 0 Å². The van der Waals surface area contributed by atoms with Crippen molar-refractivity contribution in [2.75, 3.05) is 26.8 Å². The molecule has 2 aromatic heterocycles. The van der Waals surface area contributed by atoms with Crippen LogP contribution in [0.4, 0.5) is 18.0 Å². The molecule has 1 saturated heterocycles. The van der Waals surface area contributed by atoms with Crippen LogP contribution in [0.15, 0.2) is 9.59 Å². The van der Waals surface area contributed by atoms with Crippen LogP contribution in [0.2, 0.25) is 0 Å². The molecule has 29 heavy (non-hydrogen) atoms. The smallest absolute Gasteiger partial charge is 0.383 e. The molecule has 2 aromatic rings. The van der Waals surface area contributed by atoms with Gasteiger partial charge >= 0.3 is 17.9 Å². The second kappa shape index (κ2) is 7.82. The van der Waals surface area contributed by atoms with Crippen LogP contribution in [0.3, 0.4) is 0 Å². The summed E-state index contributed by atoms with van der Waals surface area (Å²) in [6.45, 7) is 3.69. The van der Waals surface area contributed by atoms with Gasteiger partial charge in [0.1, 0.15) is 10.9 Å². The van der Waals surface area contributed by atoms with E-state index in [-0.39, 0.29) is 40.5 Å². The Bertz CT molecular complexity index is 1060. The number of carbonyl (C=O) groups is 1. The molecule has 1 aliphatic rings. The van der Waals surface area contributed by atoms with Crippen LogP contribution in [-0.4, -0.2) is 53.0 Å². The van der Waals surface area contributed by atoms with Gasteiger partial charge in [-0.25, -0.2) is 14.2 Å². The molecule has 0 aromatic carbocycles. The monoisotopic (exact) mass is 434 g/mol. The summed E-state index contributed by atoms with van der Waals surface area (Å²) < 4.78 is 46.3. The molecule has 1 fully saturated rings. The summed E-state index contributed by atoms with van der Waals surface area (Å²) in [6.07, 6.45) is -4.75. The molecule has 12 heteroatoms. The minimum atomic E-state index is -4.75. The number of halogens is 3. The van der Waals surface area contributed by atoms with E-state index in [2.05, 4.69) is 5.32 Å². The van der Waals surface area contributed by atoms with Gasteiger partial charge in [-0.05, 0) is 19.4 Å². The van der Waals surface area contributed by atoms with Gasteiger partial charge in [-0.1, -0.05) is 0 Å². The fourth-order valence-corrected chi connectivity index (χ4v) is 4.60. The Morgan fingerprint density at radius 1 is 1.28 bits per heavy atom. The zero-order valence-electron chi connectivity index (χ0n) is 16.1. The van der Waals surface area contributed by atoms with Crippen LogP contribution in [0.5, 0.6) is 0 Å². The highest BCUT2D eigenvalue weighted by Crippen LogP contribution is 2.32. The normalized spacial score (nSPS) is 15.9. The number of ether oxygens (including phenoxy) is 1. The van der Waals surface area contributed by atoms with Crippen molar-refractivity contribution < 1.29 is 22.7 Å². The number of nitrogens with zero attached hydrogens (tertiary/aromatic N) is 3. The summed E-state index contributed by atoms with van der Waals surface area (Å²) in [6, 6.07) is -2.52. The summed E-state index contributed by atoms with van der Waals surface area (Å²) in [5.74, 6) is 0. The van der Waals surface area contributed by atoms with Gasteiger partial charge < -0.3 is 15.0 Å². The van der Waals surface area contributed by atoms with E-state index in [1.54, 1.807) is 11.8 Å². The van der Waals surface area contributed by atoms with Crippen LogP contribution in [-0.2, 0) is 17.8 Å². The Hall–Kier alpha value is -2.34. The average Bonchev–Trinajstić information content (AvgIpc) is 3.18. The summed E-state index contributed by atoms with van der Waals surface area (Å²) in [5, 5.41) is 2.74. The molecular formula is C17H21F3N4O4S. The number of methoxy groups -OCH3 is 1. The Balaban J connectivity index is 2.24. The molecular weight excluding hydrogens is 413 g/mol. The van der Waals surface area contributed by atoms with Gasteiger partial charge in [0.25, 0.3) is 5.56 Å². The third-order valence-electron chi connectivity index (χ3n) is 5.00. The molecule has 3 rings (SSSR count). The van der Waals surface area contributed by atoms with Crippen LogP contribution < -0.4 is 16.6 Å². The van der Waals surface area contributed by atoms with E-state index in [0.717, 1.165) is 22.8 Å². The number of nitrogens with one attached hydrogen (secondary N) is 1. The first-order valence-electron chi connectivity index (χ1n) is 8.93. The minimum absolute atomic E-state index is 0.000282. The molecule has 0 saturated carbocycles. The highest BCUT2D eigenvalue weighted by Gasteiger charge is 2.40. The molecule has 1 atom stereocenters. The minimum Gasteiger partial charge on any atom is -0.383 e. The third-order valence-corrected chi connectivity index (χ3v) is 6.30. The number of fused-ring (bicyclic) bond motifs is 1. The second-order valence-electron chi connectivity index (χ2n) is 6.80. The van der Waals surface area contributed by atoms with Gasteiger partial charge in [0.05, 0.1) is 25.1 Å². The molecule has 0 bridgehead atoms. The lowest BCUT2D eigenvalue weighted by Gasteiger charge is -2.19. The van der Waals surface area contributed by atoms with Crippen LogP contribution >= 0.6 is 11.3 Å². The molecule has 0 unspecified atom stereocenters. The average molecular weight is 434 g/mol. The molecule has 0 aliphatic carbocycles. The number of hydrogen-bond donors (Lipinski definition) is 1. The van der Waals surface area contributed by atoms with E-state index >= 15 is 0 Å². The number of hydrogen-bond acceptors (Lipinski definition) is 5. The summed E-state index contributed by atoms with van der Waals surface area (Å²) in [7, 11) is 1.41. The highest BCUT2D eigenvalue weighted by atomic mass is 32.1. The Morgan fingerprint density at radius 3 is 2.52 bits per heavy atom. The first-order valence-corrected chi connectivity index (χ1v) is 9.75. The lowest BCUT2D eigenvalue weighted by molar-refractivity contribution is -0.164. The van der Waals surface area contributed by atoms with Gasteiger partial charge in [-0.2, -0.15) is 13.2 Å². The van der Waals surface area contributed by atoms with E-state index in [0.29, 0.717) is 23.5 Å². The zero-order chi connectivity index (χ0) is 21.5. The maximum absolute atomic E-state index is 13.3. The first kappa shape index (κ1) is 21.4. The highest BCUT2D eigenvalue weighted by molar-refractivity contribution is 7.18. The molecule has 1 aliphatic heterocycles. The van der Waals surface area contributed by atoms with E-state index in [1.807, 2.05) is 0 Å². The topological polar surface area (TPSA) is 85.6 Å². The Labute approximate surface area is 167 Å². The van der Waals surface area contributed by atoms with Crippen molar-refractivity contribution in [2.24, 2.45) is 0 Å². The van der Waals surface area contributed by atoms with Crippen molar-refractivity contribution in [1.82, 2.24) is 19.4 Å². The largest absolute Gasteiger partial charge is 0.409 e. The standard InChI is InChI=1S/C17H21F3N4O4S/c1-9-11(8-22-5-4-21-15(22)26)29-14-12(9)13(25)24(10(2)17(18,19)20)16(27)23(14)6-7-28-3/h10H,4-8H2,1-3H3,(H,21,26)/t10-/m0/s1. The number of carbonyl (C=O) groups excluding carboxylic acids is 1. The second-order valence-corrected chi connectivity index (χ2v) is 7.89. The SMILES string of the molecule is COCCn1c(=O)n([C@@H](C)C(F)(F)F)c(=O)c2c(C)c(CN3CCNC3=O)sc21. The van der Waals surface area contributed by atoms with Gasteiger partial charge in [0.15, 0.2) is 0 Å². The fourth-order valence-electron chi connectivity index (χ4n) is 3.26. The molecule has 0 spiro atoms. The number of thiophene rings is 1. The predicted octanol–water partition coefficient (Wildman–Crippen LogP) is 1.83. The van der Waals surface area contributed by atoms with E-state index in [9.17, 15) is 27.6 Å². The summed E-state index contributed by atoms with van der Waals surface area (Å²) in [4.78, 5) is 40.1. The lowest BCUT2D eigenvalue weighted by Crippen LogP contribution is -2.45. The van der Waals surface area contributed by atoms with Crippen LogP contribution in [0.1, 0.15) is 23.4 Å². The van der Waals surface area contributed by atoms with Crippen molar-refractivity contribution in [3.05, 3.63) is 31.3 Å². The van der Waals surface area contributed by atoms with Crippen molar-refractivity contribution in [2.45, 2.75) is 39.2 Å². The zero-order valence-corrected chi connectivity index (χ0v) is 16.9. The Kier molecular flexibility index (Phi) is 5.77. The number of aryl methyl sites for hydroxylation is 1. The van der Waals surface area contributed by atoms with Crippen molar-refractivity contribution >= 4 is 27.6 Å². The third kappa shape index (κ3) is 3.78. The summed E-state index contributed by atoms with van der Waals surface area (Å²) >= 11 is 1.14. The Morgan fingerprint density at radius 2 is 1.97 bits per heavy atom. The molecule has 1 N–H and O–H groups in total. The maximum Gasteiger partial charge on any atom is 0.409 e. The maximum atomic E-state index is 13.3. The first-order chi connectivity index (χ1) is 13.6. The number of amides is 2. The number of urea groups is 1. The van der Waals surface area contributed by atoms with Gasteiger partial charge in [-0.15, -0.1) is 11.3 Å². The molecule has 0 radical (unpaired) electrons. The van der Waals surface area contributed by atoms with Crippen molar-refractivity contribution in [3.63, 3.8) is 0 Å². The van der Waals surface area contributed by atoms with Crippen LogP contribution in [0.25, 0.3) is 10.2 Å². The molecule has 2 amide bonds. The van der Waals surface area contributed by atoms with E-state index in [1.165, 1.54) is 7.11 Å². The fraction of sp³-hybridized carbons (Fsp3) is 0.588. The quantitative estimate of drug-likeness (QED) is 0.752. The number of rotatable bonds is 6. The van der Waals surface area contributed by atoms with Crippen LogP contribution in [0, 0.1) is 6.92 Å².